The highest BCUT2D eigenvalue weighted by Crippen LogP contribution is 2.34. The first-order chi connectivity index (χ1) is 17.9. The van der Waals surface area contributed by atoms with Crippen LogP contribution in [0.15, 0.2) is 93.6 Å². The van der Waals surface area contributed by atoms with Crippen molar-refractivity contribution in [1.82, 2.24) is 4.98 Å². The first-order valence-corrected chi connectivity index (χ1v) is 13.7. The van der Waals surface area contributed by atoms with E-state index >= 15 is 0 Å². The topological polar surface area (TPSA) is 102 Å². The van der Waals surface area contributed by atoms with E-state index in [0.717, 1.165) is 5.39 Å². The molecule has 3 aromatic carbocycles. The van der Waals surface area contributed by atoms with Crippen LogP contribution in [0.4, 0.5) is 10.8 Å². The smallest absolute Gasteiger partial charge is 0.264 e. The van der Waals surface area contributed by atoms with Gasteiger partial charge in [0.25, 0.3) is 15.9 Å². The second-order valence-corrected chi connectivity index (χ2v) is 10.7. The van der Waals surface area contributed by atoms with Gasteiger partial charge in [-0.25, -0.2) is 13.4 Å². The molecule has 0 fully saturated rings. The summed E-state index contributed by atoms with van der Waals surface area (Å²) in [7, 11) is -2.20. The van der Waals surface area contributed by atoms with Gasteiger partial charge in [0.2, 0.25) is 0 Å². The molecule has 0 aliphatic heterocycles. The number of methoxy groups -OCH3 is 1. The van der Waals surface area contributed by atoms with Gasteiger partial charge in [-0.2, -0.15) is 0 Å². The second kappa shape index (κ2) is 10.1. The molecule has 0 saturated carbocycles. The van der Waals surface area contributed by atoms with Crippen LogP contribution in [-0.4, -0.2) is 33.0 Å². The third-order valence-corrected chi connectivity index (χ3v) is 8.42. The average Bonchev–Trinajstić information content (AvgIpc) is 3.56. The maximum absolute atomic E-state index is 13.2. The number of hydrogen-bond donors (Lipinski definition) is 1. The van der Waals surface area contributed by atoms with Gasteiger partial charge in [-0.05, 0) is 55.5 Å². The molecule has 1 N–H and O–H groups in total. The van der Waals surface area contributed by atoms with E-state index < -0.39 is 15.9 Å². The van der Waals surface area contributed by atoms with Crippen molar-refractivity contribution in [1.29, 1.82) is 0 Å². The van der Waals surface area contributed by atoms with Crippen molar-refractivity contribution in [2.45, 2.75) is 11.8 Å². The highest BCUT2D eigenvalue weighted by molar-refractivity contribution is 7.92. The Kier molecular flexibility index (Phi) is 6.68. The number of carbonyl (C=O) groups excluding carboxylic acids is 1. The summed E-state index contributed by atoms with van der Waals surface area (Å²) in [5.41, 5.74) is 2.10. The van der Waals surface area contributed by atoms with Crippen molar-refractivity contribution in [3.63, 3.8) is 0 Å². The molecule has 0 aliphatic rings. The fourth-order valence-electron chi connectivity index (χ4n) is 3.93. The standard InChI is InChI=1S/C27H23N3O5S2/c1-3-30(20-9-5-4-6-10-20)37(32,33)21-14-12-18(13-15-21)26(31)29-27-28-22(17-36-27)24-16-19-8-7-11-23(34-2)25(19)35-24/h4-17H,3H2,1-2H3,(H,28,29,31). The summed E-state index contributed by atoms with van der Waals surface area (Å²) in [6.07, 6.45) is 0. The van der Waals surface area contributed by atoms with Gasteiger partial charge in [0.15, 0.2) is 22.2 Å². The predicted octanol–water partition coefficient (Wildman–Crippen LogP) is 6.03. The van der Waals surface area contributed by atoms with E-state index in [1.54, 1.807) is 43.7 Å². The Hall–Kier alpha value is -4.15. The molecule has 10 heteroatoms. The number of furan rings is 1. The van der Waals surface area contributed by atoms with Crippen molar-refractivity contribution >= 4 is 49.1 Å². The number of nitrogens with zero attached hydrogens (tertiary/aromatic N) is 2. The maximum Gasteiger partial charge on any atom is 0.264 e. The van der Waals surface area contributed by atoms with Gasteiger partial charge in [-0.3, -0.25) is 14.4 Å². The maximum atomic E-state index is 13.2. The third kappa shape index (κ3) is 4.81. The lowest BCUT2D eigenvalue weighted by molar-refractivity contribution is 0.102. The summed E-state index contributed by atoms with van der Waals surface area (Å²) in [5.74, 6) is 0.792. The SMILES string of the molecule is CCN(c1ccccc1)S(=O)(=O)c1ccc(C(=O)Nc2nc(-c3cc4cccc(OC)c4o3)cs2)cc1. The lowest BCUT2D eigenvalue weighted by Gasteiger charge is -2.22. The Bertz CT molecular complexity index is 1660. The van der Waals surface area contributed by atoms with Crippen molar-refractivity contribution in [2.75, 3.05) is 23.3 Å². The summed E-state index contributed by atoms with van der Waals surface area (Å²) < 4.78 is 39.0. The molecule has 2 aromatic heterocycles. The number of benzene rings is 3. The number of ether oxygens (including phenoxy) is 1. The Morgan fingerprint density at radius 2 is 1.81 bits per heavy atom. The van der Waals surface area contributed by atoms with Crippen LogP contribution >= 0.6 is 11.3 Å². The number of carbonyl (C=O) groups is 1. The lowest BCUT2D eigenvalue weighted by Crippen LogP contribution is -2.30. The molecule has 0 saturated heterocycles. The Labute approximate surface area is 218 Å². The zero-order valence-electron chi connectivity index (χ0n) is 20.0. The molecule has 0 radical (unpaired) electrons. The molecule has 0 unspecified atom stereocenters. The molecule has 2 heterocycles. The zero-order valence-corrected chi connectivity index (χ0v) is 21.7. The van der Waals surface area contributed by atoms with Crippen molar-refractivity contribution in [3.05, 3.63) is 89.8 Å². The normalized spacial score (nSPS) is 11.4. The largest absolute Gasteiger partial charge is 0.493 e. The zero-order chi connectivity index (χ0) is 26.0. The fraction of sp³-hybridized carbons (Fsp3) is 0.111. The number of fused-ring (bicyclic) bond motifs is 1. The molecular weight excluding hydrogens is 510 g/mol. The first-order valence-electron chi connectivity index (χ1n) is 11.4. The van der Waals surface area contributed by atoms with Crippen LogP contribution in [0, 0.1) is 0 Å². The molecule has 1 amide bonds. The Morgan fingerprint density at radius 1 is 1.05 bits per heavy atom. The van der Waals surface area contributed by atoms with Crippen LogP contribution in [0.1, 0.15) is 17.3 Å². The Balaban J connectivity index is 1.32. The number of hydrogen-bond acceptors (Lipinski definition) is 7. The molecule has 5 rings (SSSR count). The van der Waals surface area contributed by atoms with Crippen molar-refractivity contribution < 1.29 is 22.4 Å². The molecule has 0 atom stereocenters. The van der Waals surface area contributed by atoms with E-state index in [4.69, 9.17) is 9.15 Å². The molecule has 188 valence electrons. The predicted molar refractivity (Wildman–Crippen MR) is 145 cm³/mol. The van der Waals surface area contributed by atoms with Crippen LogP contribution in [0.5, 0.6) is 5.75 Å². The molecular formula is C27H23N3O5S2. The summed E-state index contributed by atoms with van der Waals surface area (Å²) in [4.78, 5) is 17.4. The summed E-state index contributed by atoms with van der Waals surface area (Å²) in [5, 5.41) is 5.83. The van der Waals surface area contributed by atoms with Gasteiger partial charge < -0.3 is 9.15 Å². The number of anilines is 2. The Morgan fingerprint density at radius 3 is 2.51 bits per heavy atom. The number of aromatic nitrogens is 1. The summed E-state index contributed by atoms with van der Waals surface area (Å²) in [6, 6.07) is 22.2. The van der Waals surface area contributed by atoms with Gasteiger partial charge in [0, 0.05) is 22.9 Å². The van der Waals surface area contributed by atoms with E-state index in [-0.39, 0.29) is 11.4 Å². The van der Waals surface area contributed by atoms with Gasteiger partial charge in [0.05, 0.1) is 17.7 Å². The number of rotatable bonds is 8. The molecule has 5 aromatic rings. The fourth-order valence-corrected chi connectivity index (χ4v) is 6.10. The van der Waals surface area contributed by atoms with Crippen LogP contribution in [0.25, 0.3) is 22.4 Å². The van der Waals surface area contributed by atoms with Crippen LogP contribution < -0.4 is 14.4 Å². The van der Waals surface area contributed by atoms with Gasteiger partial charge in [-0.15, -0.1) is 11.3 Å². The first kappa shape index (κ1) is 24.5. The number of para-hydroxylation sites is 2. The van der Waals surface area contributed by atoms with E-state index in [2.05, 4.69) is 10.3 Å². The van der Waals surface area contributed by atoms with Crippen molar-refractivity contribution in [3.8, 4) is 17.2 Å². The molecule has 0 spiro atoms. The van der Waals surface area contributed by atoms with Gasteiger partial charge in [0.1, 0.15) is 5.69 Å². The highest BCUT2D eigenvalue weighted by atomic mass is 32.2. The second-order valence-electron chi connectivity index (χ2n) is 8.01. The van der Waals surface area contributed by atoms with E-state index in [0.29, 0.717) is 39.2 Å². The van der Waals surface area contributed by atoms with Crippen LogP contribution in [0.2, 0.25) is 0 Å². The summed E-state index contributed by atoms with van der Waals surface area (Å²) in [6.45, 7) is 2.05. The van der Waals surface area contributed by atoms with Crippen LogP contribution in [-0.2, 0) is 10.0 Å². The quantitative estimate of drug-likeness (QED) is 0.261. The van der Waals surface area contributed by atoms with E-state index in [1.165, 1.54) is 39.9 Å². The molecule has 37 heavy (non-hydrogen) atoms. The molecule has 0 aliphatic carbocycles. The minimum Gasteiger partial charge on any atom is -0.493 e. The third-order valence-electron chi connectivity index (χ3n) is 5.74. The number of sulfonamides is 1. The number of amides is 1. The lowest BCUT2D eigenvalue weighted by atomic mass is 10.2. The minimum absolute atomic E-state index is 0.103. The number of nitrogens with one attached hydrogen (secondary N) is 1. The van der Waals surface area contributed by atoms with Gasteiger partial charge in [-0.1, -0.05) is 30.3 Å². The van der Waals surface area contributed by atoms with E-state index in [1.807, 2.05) is 30.3 Å². The average molecular weight is 534 g/mol. The highest BCUT2D eigenvalue weighted by Gasteiger charge is 2.24. The molecule has 0 bridgehead atoms. The minimum atomic E-state index is -3.78. The van der Waals surface area contributed by atoms with Crippen molar-refractivity contribution in [2.24, 2.45) is 0 Å². The monoisotopic (exact) mass is 533 g/mol. The van der Waals surface area contributed by atoms with Gasteiger partial charge >= 0.3 is 0 Å². The van der Waals surface area contributed by atoms with Crippen LogP contribution in [0.3, 0.4) is 0 Å². The molecule has 8 nitrogen and oxygen atoms in total. The number of thiazole rings is 1. The summed E-state index contributed by atoms with van der Waals surface area (Å²) >= 11 is 1.26. The van der Waals surface area contributed by atoms with E-state index in [9.17, 15) is 13.2 Å².